The lowest BCUT2D eigenvalue weighted by molar-refractivity contribution is -0.114. The molecule has 4 nitrogen and oxygen atoms in total. The van der Waals surface area contributed by atoms with Crippen LogP contribution in [0.1, 0.15) is 13.3 Å². The molecule has 21 heavy (non-hydrogen) atoms. The number of ether oxygens (including phenoxy) is 1. The molecule has 2 aromatic rings. The minimum atomic E-state index is -0.0823. The molecule has 0 saturated heterocycles. The van der Waals surface area contributed by atoms with Gasteiger partial charge in [-0.1, -0.05) is 31.2 Å². The van der Waals surface area contributed by atoms with E-state index < -0.39 is 0 Å². The first-order valence-corrected chi connectivity index (χ1v) is 7.09. The van der Waals surface area contributed by atoms with Crippen LogP contribution in [0.15, 0.2) is 54.6 Å². The second kappa shape index (κ2) is 7.94. The van der Waals surface area contributed by atoms with E-state index in [0.29, 0.717) is 6.61 Å². The van der Waals surface area contributed by atoms with E-state index in [1.54, 1.807) is 0 Å². The fraction of sp³-hybridized carbons (Fsp3) is 0.235. The van der Waals surface area contributed by atoms with Crippen LogP contribution in [-0.2, 0) is 4.79 Å². The van der Waals surface area contributed by atoms with Crippen LogP contribution in [0, 0.1) is 0 Å². The summed E-state index contributed by atoms with van der Waals surface area (Å²) in [7, 11) is 0. The van der Waals surface area contributed by atoms with Gasteiger partial charge in [0.05, 0.1) is 13.2 Å². The lowest BCUT2D eigenvalue weighted by Gasteiger charge is -2.10. The van der Waals surface area contributed by atoms with Gasteiger partial charge in [0.25, 0.3) is 0 Å². The van der Waals surface area contributed by atoms with Crippen molar-refractivity contribution in [1.29, 1.82) is 0 Å². The number of anilines is 2. The van der Waals surface area contributed by atoms with Crippen LogP contribution in [0.2, 0.25) is 0 Å². The summed E-state index contributed by atoms with van der Waals surface area (Å²) in [5, 5.41) is 5.92. The average Bonchev–Trinajstić information content (AvgIpc) is 2.52. The molecule has 0 spiro atoms. The summed E-state index contributed by atoms with van der Waals surface area (Å²) in [6.07, 6.45) is 0.969. The number of rotatable bonds is 7. The summed E-state index contributed by atoms with van der Waals surface area (Å²) >= 11 is 0. The van der Waals surface area contributed by atoms with E-state index in [-0.39, 0.29) is 12.5 Å². The number of carbonyl (C=O) groups excluding carboxylic acids is 1. The molecule has 2 rings (SSSR count). The van der Waals surface area contributed by atoms with Crippen LogP contribution >= 0.6 is 0 Å². The van der Waals surface area contributed by atoms with Crippen LogP contribution in [0.5, 0.6) is 5.75 Å². The number of para-hydroxylation sites is 1. The molecule has 1 amide bonds. The highest BCUT2D eigenvalue weighted by Gasteiger charge is 2.02. The van der Waals surface area contributed by atoms with Crippen molar-refractivity contribution in [1.82, 2.24) is 0 Å². The van der Waals surface area contributed by atoms with Crippen molar-refractivity contribution in [3.63, 3.8) is 0 Å². The molecule has 0 radical (unpaired) electrons. The van der Waals surface area contributed by atoms with Crippen molar-refractivity contribution in [3.05, 3.63) is 54.6 Å². The Morgan fingerprint density at radius 2 is 1.81 bits per heavy atom. The largest absolute Gasteiger partial charge is 0.494 e. The summed E-state index contributed by atoms with van der Waals surface area (Å²) in [6.45, 7) is 2.97. The van der Waals surface area contributed by atoms with E-state index in [4.69, 9.17) is 4.74 Å². The van der Waals surface area contributed by atoms with Crippen LogP contribution in [0.3, 0.4) is 0 Å². The number of hydrogen-bond donors (Lipinski definition) is 2. The van der Waals surface area contributed by atoms with Crippen molar-refractivity contribution in [2.24, 2.45) is 0 Å². The van der Waals surface area contributed by atoms with Gasteiger partial charge >= 0.3 is 0 Å². The van der Waals surface area contributed by atoms with Gasteiger partial charge < -0.3 is 15.4 Å². The molecule has 2 N–H and O–H groups in total. The van der Waals surface area contributed by atoms with E-state index in [2.05, 4.69) is 17.6 Å². The minimum Gasteiger partial charge on any atom is -0.494 e. The first kappa shape index (κ1) is 14.9. The molecule has 2 aromatic carbocycles. The summed E-state index contributed by atoms with van der Waals surface area (Å²) in [6, 6.07) is 17.0. The van der Waals surface area contributed by atoms with Gasteiger partial charge in [-0.3, -0.25) is 4.79 Å². The zero-order chi connectivity index (χ0) is 14.9. The maximum absolute atomic E-state index is 11.8. The highest BCUT2D eigenvalue weighted by molar-refractivity contribution is 5.93. The van der Waals surface area contributed by atoms with E-state index in [0.717, 1.165) is 23.5 Å². The maximum Gasteiger partial charge on any atom is 0.243 e. The smallest absolute Gasteiger partial charge is 0.243 e. The summed E-state index contributed by atoms with van der Waals surface area (Å²) in [5.41, 5.74) is 1.66. The lowest BCUT2D eigenvalue weighted by atomic mass is 10.3. The molecule has 0 aliphatic heterocycles. The van der Waals surface area contributed by atoms with Gasteiger partial charge in [-0.25, -0.2) is 0 Å². The zero-order valence-corrected chi connectivity index (χ0v) is 12.1. The van der Waals surface area contributed by atoms with Gasteiger partial charge in [-0.2, -0.15) is 0 Å². The van der Waals surface area contributed by atoms with Gasteiger partial charge in [0, 0.05) is 17.4 Å². The van der Waals surface area contributed by atoms with Crippen LogP contribution in [-0.4, -0.2) is 19.1 Å². The Bertz CT molecular complexity index is 570. The van der Waals surface area contributed by atoms with Gasteiger partial charge in [-0.05, 0) is 30.7 Å². The zero-order valence-electron chi connectivity index (χ0n) is 12.1. The second-order valence-corrected chi connectivity index (χ2v) is 4.64. The quantitative estimate of drug-likeness (QED) is 0.818. The standard InChI is InChI=1S/C17H20N2O2/c1-2-11-21-16-10-6-9-15(12-16)18-13-17(20)19-14-7-4-3-5-8-14/h3-10,12,18H,2,11,13H2,1H3,(H,19,20). The Hall–Kier alpha value is -2.49. The van der Waals surface area contributed by atoms with Crippen molar-refractivity contribution in [2.45, 2.75) is 13.3 Å². The first-order valence-electron chi connectivity index (χ1n) is 7.09. The molecule has 0 aliphatic rings. The van der Waals surface area contributed by atoms with Crippen LogP contribution in [0.25, 0.3) is 0 Å². The Balaban J connectivity index is 1.83. The Morgan fingerprint density at radius 1 is 1.05 bits per heavy atom. The molecule has 0 bridgehead atoms. The highest BCUT2D eigenvalue weighted by atomic mass is 16.5. The van der Waals surface area contributed by atoms with Crippen molar-refractivity contribution in [2.75, 3.05) is 23.8 Å². The molecule has 4 heteroatoms. The highest BCUT2D eigenvalue weighted by Crippen LogP contribution is 2.17. The number of nitrogens with one attached hydrogen (secondary N) is 2. The average molecular weight is 284 g/mol. The van der Waals surface area contributed by atoms with Crippen LogP contribution < -0.4 is 15.4 Å². The third kappa shape index (κ3) is 5.18. The molecule has 0 aliphatic carbocycles. The molecular weight excluding hydrogens is 264 g/mol. The summed E-state index contributed by atoms with van der Waals surface area (Å²) in [5.74, 6) is 0.728. The Morgan fingerprint density at radius 3 is 2.57 bits per heavy atom. The van der Waals surface area contributed by atoms with Gasteiger partial charge in [0.1, 0.15) is 5.75 Å². The first-order chi connectivity index (χ1) is 10.3. The monoisotopic (exact) mass is 284 g/mol. The summed E-state index contributed by atoms with van der Waals surface area (Å²) in [4.78, 5) is 11.8. The molecule has 110 valence electrons. The SMILES string of the molecule is CCCOc1cccc(NCC(=O)Nc2ccccc2)c1. The number of amides is 1. The lowest BCUT2D eigenvalue weighted by Crippen LogP contribution is -2.21. The number of benzene rings is 2. The maximum atomic E-state index is 11.8. The van der Waals surface area contributed by atoms with Gasteiger partial charge in [0.2, 0.25) is 5.91 Å². The third-order valence-electron chi connectivity index (χ3n) is 2.82. The molecule has 0 atom stereocenters. The number of hydrogen-bond acceptors (Lipinski definition) is 3. The van der Waals surface area contributed by atoms with E-state index in [9.17, 15) is 4.79 Å². The van der Waals surface area contributed by atoms with Crippen LogP contribution in [0.4, 0.5) is 11.4 Å². The Kier molecular flexibility index (Phi) is 5.64. The predicted molar refractivity (Wildman–Crippen MR) is 85.8 cm³/mol. The fourth-order valence-corrected chi connectivity index (χ4v) is 1.82. The molecular formula is C17H20N2O2. The molecule has 0 aromatic heterocycles. The molecule has 0 fully saturated rings. The Labute approximate surface area is 125 Å². The normalized spacial score (nSPS) is 9.95. The van der Waals surface area contributed by atoms with E-state index in [1.165, 1.54) is 0 Å². The summed E-state index contributed by atoms with van der Waals surface area (Å²) < 4.78 is 5.56. The van der Waals surface area contributed by atoms with E-state index in [1.807, 2.05) is 54.6 Å². The second-order valence-electron chi connectivity index (χ2n) is 4.64. The molecule has 0 saturated carbocycles. The van der Waals surface area contributed by atoms with Crippen molar-refractivity contribution in [3.8, 4) is 5.75 Å². The predicted octanol–water partition coefficient (Wildman–Crippen LogP) is 3.53. The van der Waals surface area contributed by atoms with E-state index >= 15 is 0 Å². The third-order valence-corrected chi connectivity index (χ3v) is 2.82. The minimum absolute atomic E-state index is 0.0823. The van der Waals surface area contributed by atoms with Gasteiger partial charge in [0.15, 0.2) is 0 Å². The topological polar surface area (TPSA) is 50.4 Å². The number of carbonyl (C=O) groups is 1. The van der Waals surface area contributed by atoms with Crippen molar-refractivity contribution < 1.29 is 9.53 Å². The fourth-order valence-electron chi connectivity index (χ4n) is 1.82. The van der Waals surface area contributed by atoms with Gasteiger partial charge in [-0.15, -0.1) is 0 Å². The van der Waals surface area contributed by atoms with Crippen molar-refractivity contribution >= 4 is 17.3 Å². The molecule has 0 unspecified atom stereocenters. The molecule has 0 heterocycles.